The second kappa shape index (κ2) is 8.35. The van der Waals surface area contributed by atoms with Crippen molar-refractivity contribution >= 4 is 5.96 Å². The van der Waals surface area contributed by atoms with Crippen LogP contribution in [0.2, 0.25) is 0 Å². The molecular formula is C14H30N4. The van der Waals surface area contributed by atoms with Crippen molar-refractivity contribution in [2.75, 3.05) is 27.2 Å². The molecule has 2 N–H and O–H groups in total. The van der Waals surface area contributed by atoms with E-state index in [-0.39, 0.29) is 0 Å². The van der Waals surface area contributed by atoms with Gasteiger partial charge in [-0.05, 0) is 33.2 Å². The standard InChI is InChI=1S/C14H30N4/c1-5-12(2)17-14(15-3)16-10-11-18(4)13-8-6-7-9-13/h12-13H,5-11H2,1-4H3,(H2,15,16,17). The van der Waals surface area contributed by atoms with Gasteiger partial charge in [-0.15, -0.1) is 0 Å². The number of hydrogen-bond acceptors (Lipinski definition) is 2. The van der Waals surface area contributed by atoms with E-state index in [1.165, 1.54) is 25.7 Å². The molecule has 0 amide bonds. The second-order valence-corrected chi connectivity index (χ2v) is 5.37. The van der Waals surface area contributed by atoms with Crippen LogP contribution in [0.5, 0.6) is 0 Å². The molecule has 0 spiro atoms. The minimum Gasteiger partial charge on any atom is -0.355 e. The lowest BCUT2D eigenvalue weighted by Gasteiger charge is -2.24. The average Bonchev–Trinajstić information content (AvgIpc) is 2.91. The lowest BCUT2D eigenvalue weighted by molar-refractivity contribution is 0.249. The fourth-order valence-corrected chi connectivity index (χ4v) is 2.41. The minimum atomic E-state index is 0.476. The Balaban J connectivity index is 2.18. The summed E-state index contributed by atoms with van der Waals surface area (Å²) in [6.07, 6.45) is 6.66. The number of nitrogens with one attached hydrogen (secondary N) is 2. The average molecular weight is 254 g/mol. The van der Waals surface area contributed by atoms with Crippen molar-refractivity contribution in [1.82, 2.24) is 15.5 Å². The van der Waals surface area contributed by atoms with Crippen LogP contribution in [0.3, 0.4) is 0 Å². The molecule has 0 heterocycles. The van der Waals surface area contributed by atoms with E-state index in [0.717, 1.165) is 31.5 Å². The number of hydrogen-bond donors (Lipinski definition) is 2. The van der Waals surface area contributed by atoms with Crippen molar-refractivity contribution in [2.24, 2.45) is 4.99 Å². The van der Waals surface area contributed by atoms with Gasteiger partial charge in [-0.1, -0.05) is 19.8 Å². The van der Waals surface area contributed by atoms with Crippen LogP contribution in [0, 0.1) is 0 Å². The molecule has 0 saturated heterocycles. The maximum absolute atomic E-state index is 4.25. The maximum Gasteiger partial charge on any atom is 0.191 e. The van der Waals surface area contributed by atoms with Crippen LogP contribution in [-0.4, -0.2) is 50.1 Å². The Bertz CT molecular complexity index is 246. The summed E-state index contributed by atoms with van der Waals surface area (Å²) in [5, 5.41) is 6.77. The molecular weight excluding hydrogens is 224 g/mol. The molecule has 1 aliphatic rings. The quantitative estimate of drug-likeness (QED) is 0.561. The maximum atomic E-state index is 4.25. The molecule has 0 bridgehead atoms. The molecule has 1 saturated carbocycles. The molecule has 0 aromatic rings. The molecule has 1 rings (SSSR count). The Morgan fingerprint density at radius 1 is 1.39 bits per heavy atom. The zero-order valence-electron chi connectivity index (χ0n) is 12.5. The van der Waals surface area contributed by atoms with E-state index in [1.54, 1.807) is 0 Å². The molecule has 0 radical (unpaired) electrons. The van der Waals surface area contributed by atoms with E-state index in [9.17, 15) is 0 Å². The second-order valence-electron chi connectivity index (χ2n) is 5.37. The number of rotatable bonds is 6. The number of guanidine groups is 1. The summed E-state index contributed by atoms with van der Waals surface area (Å²) in [6, 6.07) is 1.28. The molecule has 1 atom stereocenters. The first-order chi connectivity index (χ1) is 8.67. The van der Waals surface area contributed by atoms with Gasteiger partial charge in [-0.25, -0.2) is 0 Å². The summed E-state index contributed by atoms with van der Waals surface area (Å²) < 4.78 is 0. The van der Waals surface area contributed by atoms with Crippen molar-refractivity contribution in [3.8, 4) is 0 Å². The predicted octanol–water partition coefficient (Wildman–Crippen LogP) is 1.82. The fourth-order valence-electron chi connectivity index (χ4n) is 2.41. The van der Waals surface area contributed by atoms with Crippen LogP contribution >= 0.6 is 0 Å². The van der Waals surface area contributed by atoms with Gasteiger partial charge in [0.15, 0.2) is 5.96 Å². The lowest BCUT2D eigenvalue weighted by Crippen LogP contribution is -2.45. The summed E-state index contributed by atoms with van der Waals surface area (Å²) in [7, 11) is 4.07. The van der Waals surface area contributed by atoms with Gasteiger partial charge in [0.25, 0.3) is 0 Å². The molecule has 18 heavy (non-hydrogen) atoms. The third-order valence-corrected chi connectivity index (χ3v) is 3.92. The van der Waals surface area contributed by atoms with Crippen LogP contribution in [0.25, 0.3) is 0 Å². The Kier molecular flexibility index (Phi) is 7.09. The summed E-state index contributed by atoms with van der Waals surface area (Å²) in [4.78, 5) is 6.73. The van der Waals surface area contributed by atoms with E-state index in [4.69, 9.17) is 0 Å². The van der Waals surface area contributed by atoms with Gasteiger partial charge in [-0.3, -0.25) is 4.99 Å². The highest BCUT2D eigenvalue weighted by molar-refractivity contribution is 5.79. The van der Waals surface area contributed by atoms with Gasteiger partial charge in [-0.2, -0.15) is 0 Å². The van der Waals surface area contributed by atoms with Crippen molar-refractivity contribution in [2.45, 2.75) is 58.0 Å². The van der Waals surface area contributed by atoms with Crippen LogP contribution in [0.4, 0.5) is 0 Å². The Labute approximate surface area is 112 Å². The molecule has 1 unspecified atom stereocenters. The highest BCUT2D eigenvalue weighted by Gasteiger charge is 2.18. The van der Waals surface area contributed by atoms with Crippen molar-refractivity contribution in [3.05, 3.63) is 0 Å². The zero-order chi connectivity index (χ0) is 13.4. The van der Waals surface area contributed by atoms with Crippen LogP contribution in [-0.2, 0) is 0 Å². The molecule has 0 aliphatic heterocycles. The van der Waals surface area contributed by atoms with Crippen LogP contribution in [0.1, 0.15) is 46.0 Å². The Morgan fingerprint density at radius 2 is 2.06 bits per heavy atom. The summed E-state index contributed by atoms with van der Waals surface area (Å²) in [5.74, 6) is 0.921. The molecule has 0 aromatic heterocycles. The first-order valence-electron chi connectivity index (χ1n) is 7.34. The molecule has 4 heteroatoms. The largest absolute Gasteiger partial charge is 0.355 e. The highest BCUT2D eigenvalue weighted by Crippen LogP contribution is 2.21. The van der Waals surface area contributed by atoms with E-state index in [0.29, 0.717) is 6.04 Å². The Hall–Kier alpha value is -0.770. The smallest absolute Gasteiger partial charge is 0.191 e. The molecule has 106 valence electrons. The van der Waals surface area contributed by atoms with E-state index in [1.807, 2.05) is 7.05 Å². The van der Waals surface area contributed by atoms with Crippen LogP contribution < -0.4 is 10.6 Å². The molecule has 1 fully saturated rings. The van der Waals surface area contributed by atoms with Gasteiger partial charge < -0.3 is 15.5 Å². The van der Waals surface area contributed by atoms with Gasteiger partial charge in [0.1, 0.15) is 0 Å². The number of aliphatic imine (C=N–C) groups is 1. The third kappa shape index (κ3) is 5.25. The van der Waals surface area contributed by atoms with Gasteiger partial charge in [0.2, 0.25) is 0 Å². The van der Waals surface area contributed by atoms with E-state index >= 15 is 0 Å². The van der Waals surface area contributed by atoms with Gasteiger partial charge >= 0.3 is 0 Å². The normalized spacial score (nSPS) is 19.3. The van der Waals surface area contributed by atoms with E-state index in [2.05, 4.69) is 41.4 Å². The molecule has 4 nitrogen and oxygen atoms in total. The zero-order valence-corrected chi connectivity index (χ0v) is 12.5. The molecule has 0 aromatic carbocycles. The number of nitrogens with zero attached hydrogens (tertiary/aromatic N) is 2. The SMILES string of the molecule is CCC(C)NC(=NC)NCCN(C)C1CCCC1. The first-order valence-corrected chi connectivity index (χ1v) is 7.34. The number of likely N-dealkylation sites (N-methyl/N-ethyl adjacent to an activating group) is 1. The van der Waals surface area contributed by atoms with Crippen molar-refractivity contribution in [1.29, 1.82) is 0 Å². The van der Waals surface area contributed by atoms with Gasteiger partial charge in [0, 0.05) is 32.2 Å². The monoisotopic (exact) mass is 254 g/mol. The van der Waals surface area contributed by atoms with Crippen molar-refractivity contribution < 1.29 is 0 Å². The third-order valence-electron chi connectivity index (χ3n) is 3.92. The topological polar surface area (TPSA) is 39.7 Å². The van der Waals surface area contributed by atoms with Crippen molar-refractivity contribution in [3.63, 3.8) is 0 Å². The summed E-state index contributed by atoms with van der Waals surface area (Å²) in [6.45, 7) is 6.41. The minimum absolute atomic E-state index is 0.476. The van der Waals surface area contributed by atoms with Gasteiger partial charge in [0.05, 0.1) is 0 Å². The van der Waals surface area contributed by atoms with E-state index < -0.39 is 0 Å². The Morgan fingerprint density at radius 3 is 2.61 bits per heavy atom. The fraction of sp³-hybridized carbons (Fsp3) is 0.929. The van der Waals surface area contributed by atoms with Crippen LogP contribution in [0.15, 0.2) is 4.99 Å². The molecule has 1 aliphatic carbocycles. The predicted molar refractivity (Wildman–Crippen MR) is 79.1 cm³/mol. The summed E-state index contributed by atoms with van der Waals surface area (Å²) in [5.41, 5.74) is 0. The first kappa shape index (κ1) is 15.3. The lowest BCUT2D eigenvalue weighted by atomic mass is 10.2. The summed E-state index contributed by atoms with van der Waals surface area (Å²) >= 11 is 0. The highest BCUT2D eigenvalue weighted by atomic mass is 15.2.